The quantitative estimate of drug-likeness (QED) is 0.918. The molecule has 0 radical (unpaired) electrons. The molecule has 2 heterocycles. The average molecular weight is 322 g/mol. The molecule has 1 N–H and O–H groups in total. The van der Waals surface area contributed by atoms with Gasteiger partial charge in [0.05, 0.1) is 0 Å². The van der Waals surface area contributed by atoms with Gasteiger partial charge in [0, 0.05) is 25.2 Å². The van der Waals surface area contributed by atoms with Crippen molar-refractivity contribution in [1.29, 1.82) is 0 Å². The maximum atomic E-state index is 12.5. The molecule has 1 saturated heterocycles. The highest BCUT2D eigenvalue weighted by molar-refractivity contribution is 5.86. The number of hydrogen-bond donors (Lipinski definition) is 1. The zero-order valence-corrected chi connectivity index (χ0v) is 13.7. The molecule has 1 atom stereocenters. The lowest BCUT2D eigenvalue weighted by Crippen LogP contribution is -2.44. The van der Waals surface area contributed by atoms with Crippen molar-refractivity contribution in [3.8, 4) is 0 Å². The fourth-order valence-corrected chi connectivity index (χ4v) is 3.25. The Labute approximate surface area is 142 Å². The van der Waals surface area contributed by atoms with Gasteiger partial charge in [0.2, 0.25) is 5.91 Å². The van der Waals surface area contributed by atoms with Crippen molar-refractivity contribution >= 4 is 11.7 Å². The third kappa shape index (κ3) is 3.40. The summed E-state index contributed by atoms with van der Waals surface area (Å²) in [6.45, 7) is 0.880. The summed E-state index contributed by atoms with van der Waals surface area (Å²) in [5.74, 6) is 1.81. The Kier molecular flexibility index (Phi) is 4.15. The Morgan fingerprint density at radius 1 is 1.17 bits per heavy atom. The Bertz CT molecular complexity index is 714. The van der Waals surface area contributed by atoms with Crippen LogP contribution in [0, 0.1) is 0 Å². The molecular formula is C19H22N4O. The first-order valence-electron chi connectivity index (χ1n) is 8.72. The number of rotatable bonds is 5. The first kappa shape index (κ1) is 15.1. The molecule has 5 nitrogen and oxygen atoms in total. The van der Waals surface area contributed by atoms with Crippen molar-refractivity contribution < 1.29 is 4.79 Å². The maximum absolute atomic E-state index is 12.5. The Balaban J connectivity index is 1.50. The highest BCUT2D eigenvalue weighted by Gasteiger charge is 2.34. The molecule has 2 aliphatic rings. The van der Waals surface area contributed by atoms with Crippen molar-refractivity contribution in [2.75, 3.05) is 11.4 Å². The largest absolute Gasteiger partial charge is 0.352 e. The number of hydrogen-bond acceptors (Lipinski definition) is 4. The summed E-state index contributed by atoms with van der Waals surface area (Å²) >= 11 is 0. The van der Waals surface area contributed by atoms with Crippen LogP contribution in [-0.4, -0.2) is 34.5 Å². The molecule has 5 heteroatoms. The zero-order valence-electron chi connectivity index (χ0n) is 13.7. The second-order valence-electron chi connectivity index (χ2n) is 6.63. The number of anilines is 1. The minimum atomic E-state index is -0.0925. The fraction of sp³-hybridized carbons (Fsp3) is 0.421. The van der Waals surface area contributed by atoms with E-state index in [1.54, 1.807) is 6.20 Å². The van der Waals surface area contributed by atoms with Gasteiger partial charge in [-0.05, 0) is 37.3 Å². The van der Waals surface area contributed by atoms with Gasteiger partial charge in [0.15, 0.2) is 0 Å². The number of benzene rings is 1. The van der Waals surface area contributed by atoms with Crippen molar-refractivity contribution in [2.24, 2.45) is 0 Å². The summed E-state index contributed by atoms with van der Waals surface area (Å²) in [5.41, 5.74) is 1.19. The summed E-state index contributed by atoms with van der Waals surface area (Å²) in [5, 5.41) is 3.13. The van der Waals surface area contributed by atoms with Gasteiger partial charge >= 0.3 is 0 Å². The van der Waals surface area contributed by atoms with E-state index in [1.807, 2.05) is 24.3 Å². The third-order valence-corrected chi connectivity index (χ3v) is 4.67. The second-order valence-corrected chi connectivity index (χ2v) is 6.63. The number of nitrogens with one attached hydrogen (secondary N) is 1. The molecule has 1 aromatic heterocycles. The molecule has 1 aromatic carbocycles. The second kappa shape index (κ2) is 6.59. The molecule has 24 heavy (non-hydrogen) atoms. The molecule has 124 valence electrons. The third-order valence-electron chi connectivity index (χ3n) is 4.67. The van der Waals surface area contributed by atoms with E-state index >= 15 is 0 Å². The topological polar surface area (TPSA) is 58.1 Å². The van der Waals surface area contributed by atoms with E-state index in [1.165, 1.54) is 5.56 Å². The van der Waals surface area contributed by atoms with E-state index in [4.69, 9.17) is 4.98 Å². The van der Waals surface area contributed by atoms with Gasteiger partial charge in [0.1, 0.15) is 17.7 Å². The summed E-state index contributed by atoms with van der Waals surface area (Å²) < 4.78 is 0. The van der Waals surface area contributed by atoms with E-state index in [0.717, 1.165) is 43.9 Å². The molecule has 0 unspecified atom stereocenters. The number of carbonyl (C=O) groups is 1. The van der Waals surface area contributed by atoms with Crippen LogP contribution in [0.15, 0.2) is 42.6 Å². The van der Waals surface area contributed by atoms with Crippen LogP contribution in [0.2, 0.25) is 0 Å². The van der Waals surface area contributed by atoms with Gasteiger partial charge in [-0.25, -0.2) is 9.97 Å². The van der Waals surface area contributed by atoms with Crippen LogP contribution in [0.25, 0.3) is 0 Å². The van der Waals surface area contributed by atoms with E-state index in [0.29, 0.717) is 12.5 Å². The first-order chi connectivity index (χ1) is 11.8. The van der Waals surface area contributed by atoms with Crippen molar-refractivity contribution in [2.45, 2.75) is 44.2 Å². The van der Waals surface area contributed by atoms with Gasteiger partial charge in [-0.2, -0.15) is 0 Å². The van der Waals surface area contributed by atoms with Gasteiger partial charge < -0.3 is 10.2 Å². The van der Waals surface area contributed by atoms with E-state index in [2.05, 4.69) is 27.3 Å². The van der Waals surface area contributed by atoms with E-state index < -0.39 is 0 Å². The lowest BCUT2D eigenvalue weighted by Gasteiger charge is -2.25. The molecule has 1 aliphatic carbocycles. The summed E-state index contributed by atoms with van der Waals surface area (Å²) in [7, 11) is 0. The molecule has 0 bridgehead atoms. The van der Waals surface area contributed by atoms with Crippen LogP contribution in [0.5, 0.6) is 0 Å². The van der Waals surface area contributed by atoms with Gasteiger partial charge in [0.25, 0.3) is 0 Å². The number of nitrogens with zero attached hydrogens (tertiary/aromatic N) is 3. The van der Waals surface area contributed by atoms with Crippen LogP contribution in [0.4, 0.5) is 5.82 Å². The highest BCUT2D eigenvalue weighted by atomic mass is 16.2. The smallest absolute Gasteiger partial charge is 0.242 e. The summed E-state index contributed by atoms with van der Waals surface area (Å²) in [4.78, 5) is 23.7. The average Bonchev–Trinajstić information content (AvgIpc) is 3.27. The van der Waals surface area contributed by atoms with Gasteiger partial charge in [-0.15, -0.1) is 0 Å². The predicted molar refractivity (Wildman–Crippen MR) is 92.8 cm³/mol. The molecule has 2 aromatic rings. The number of amides is 1. The first-order valence-corrected chi connectivity index (χ1v) is 8.72. The molecule has 1 aliphatic heterocycles. The fourth-order valence-electron chi connectivity index (χ4n) is 3.25. The normalized spacial score (nSPS) is 20.2. The standard InChI is InChI=1S/C19H22N4O/c24-19(21-15-8-9-15)16-7-4-12-23(16)18-10-11-20-17(22-18)13-14-5-2-1-3-6-14/h1-3,5-6,10-11,15-16H,4,7-9,12-13H2,(H,21,24)/t16-/m1/s1. The lowest BCUT2D eigenvalue weighted by molar-refractivity contribution is -0.122. The van der Waals surface area contributed by atoms with Crippen LogP contribution in [0.1, 0.15) is 37.1 Å². The Morgan fingerprint density at radius 3 is 2.79 bits per heavy atom. The summed E-state index contributed by atoms with van der Waals surface area (Å²) in [6, 6.07) is 12.4. The monoisotopic (exact) mass is 322 g/mol. The molecule has 4 rings (SSSR count). The van der Waals surface area contributed by atoms with Crippen LogP contribution in [0.3, 0.4) is 0 Å². The van der Waals surface area contributed by atoms with Crippen molar-refractivity contribution in [1.82, 2.24) is 15.3 Å². The summed E-state index contributed by atoms with van der Waals surface area (Å²) in [6.07, 6.45) is 6.67. The molecule has 1 amide bonds. The minimum absolute atomic E-state index is 0.0925. The Hall–Kier alpha value is -2.43. The van der Waals surface area contributed by atoms with Crippen LogP contribution >= 0.6 is 0 Å². The molecular weight excluding hydrogens is 300 g/mol. The molecule has 0 spiro atoms. The molecule has 2 fully saturated rings. The maximum Gasteiger partial charge on any atom is 0.242 e. The highest BCUT2D eigenvalue weighted by Crippen LogP contribution is 2.26. The van der Waals surface area contributed by atoms with Crippen molar-refractivity contribution in [3.63, 3.8) is 0 Å². The Morgan fingerprint density at radius 2 is 2.00 bits per heavy atom. The minimum Gasteiger partial charge on any atom is -0.352 e. The van der Waals surface area contributed by atoms with Crippen LogP contribution < -0.4 is 10.2 Å². The number of carbonyl (C=O) groups excluding carboxylic acids is 1. The molecule has 1 saturated carbocycles. The van der Waals surface area contributed by atoms with Crippen molar-refractivity contribution in [3.05, 3.63) is 54.0 Å². The lowest BCUT2D eigenvalue weighted by atomic mass is 10.1. The SMILES string of the molecule is O=C(NC1CC1)[C@H]1CCCN1c1ccnc(Cc2ccccc2)n1. The van der Waals surface area contributed by atoms with E-state index in [9.17, 15) is 4.79 Å². The number of aromatic nitrogens is 2. The zero-order chi connectivity index (χ0) is 16.4. The van der Waals surface area contributed by atoms with Crippen LogP contribution in [-0.2, 0) is 11.2 Å². The van der Waals surface area contributed by atoms with Gasteiger partial charge in [-0.3, -0.25) is 4.79 Å². The van der Waals surface area contributed by atoms with Gasteiger partial charge in [-0.1, -0.05) is 30.3 Å². The predicted octanol–water partition coefficient (Wildman–Crippen LogP) is 2.31. The van der Waals surface area contributed by atoms with E-state index in [-0.39, 0.29) is 11.9 Å².